The van der Waals surface area contributed by atoms with E-state index in [9.17, 15) is 0 Å². The van der Waals surface area contributed by atoms with Crippen LogP contribution in [0.25, 0.3) is 5.70 Å². The Balaban J connectivity index is 1.50. The highest BCUT2D eigenvalue weighted by atomic mass is 14.9. The smallest absolute Gasteiger partial charge is 0.0573 e. The van der Waals surface area contributed by atoms with Gasteiger partial charge in [0.2, 0.25) is 0 Å². The first kappa shape index (κ1) is 28.2. The number of nitrogens with one attached hydrogen (secondary N) is 3. The molecule has 2 aromatic rings. The predicted molar refractivity (Wildman–Crippen MR) is 162 cm³/mol. The summed E-state index contributed by atoms with van der Waals surface area (Å²) in [4.78, 5) is 0. The lowest BCUT2D eigenvalue weighted by Gasteiger charge is -2.31. The maximum absolute atomic E-state index is 6.09. The highest BCUT2D eigenvalue weighted by molar-refractivity contribution is 5.60. The molecule has 0 radical (unpaired) electrons. The monoisotopic (exact) mass is 507 g/mol. The van der Waals surface area contributed by atoms with Crippen LogP contribution in [0.4, 0.5) is 0 Å². The SMILES string of the molecule is C=C(/C=C(\C)C(=C)NCc1cccc(CNC2=C(N)C(C)C2=C)c1)C(=C)N[C@@H](C)c1ccc(C(=C)N)cc1. The van der Waals surface area contributed by atoms with Gasteiger partial charge in [-0.25, -0.2) is 0 Å². The largest absolute Gasteiger partial charge is 0.400 e. The number of allylic oxidation sites excluding steroid dienone is 4. The topological polar surface area (TPSA) is 88.1 Å². The fourth-order valence-corrected chi connectivity index (χ4v) is 4.19. The molecule has 0 aromatic heterocycles. The molecule has 0 spiro atoms. The highest BCUT2D eigenvalue weighted by Crippen LogP contribution is 2.33. The molecule has 0 aliphatic heterocycles. The van der Waals surface area contributed by atoms with Crippen molar-refractivity contribution >= 4 is 5.70 Å². The minimum absolute atomic E-state index is 0.0645. The quantitative estimate of drug-likeness (QED) is 0.213. The van der Waals surface area contributed by atoms with Crippen LogP contribution >= 0.6 is 0 Å². The molecule has 0 bridgehead atoms. The van der Waals surface area contributed by atoms with Crippen molar-refractivity contribution in [1.82, 2.24) is 16.0 Å². The van der Waals surface area contributed by atoms with E-state index < -0.39 is 0 Å². The van der Waals surface area contributed by atoms with E-state index in [-0.39, 0.29) is 12.0 Å². The van der Waals surface area contributed by atoms with Crippen LogP contribution in [0.1, 0.15) is 49.1 Å². The first-order valence-electron chi connectivity index (χ1n) is 12.8. The fourth-order valence-electron chi connectivity index (χ4n) is 4.19. The van der Waals surface area contributed by atoms with E-state index >= 15 is 0 Å². The summed E-state index contributed by atoms with van der Waals surface area (Å²) in [6, 6.07) is 16.5. The Hall–Kier alpha value is -4.38. The summed E-state index contributed by atoms with van der Waals surface area (Å²) in [5.41, 5.74) is 23.1. The first-order chi connectivity index (χ1) is 18.0. The van der Waals surface area contributed by atoms with Crippen molar-refractivity contribution in [2.24, 2.45) is 17.4 Å². The zero-order valence-electron chi connectivity index (χ0n) is 23.0. The van der Waals surface area contributed by atoms with Crippen LogP contribution in [-0.4, -0.2) is 0 Å². The van der Waals surface area contributed by atoms with Gasteiger partial charge in [0.25, 0.3) is 0 Å². The van der Waals surface area contributed by atoms with Gasteiger partial charge in [0.05, 0.1) is 5.70 Å². The van der Waals surface area contributed by atoms with Crippen LogP contribution in [-0.2, 0) is 13.1 Å². The van der Waals surface area contributed by atoms with Crippen LogP contribution in [0, 0.1) is 5.92 Å². The number of nitrogens with two attached hydrogens (primary N) is 2. The molecular formula is C33H41N5. The first-order valence-corrected chi connectivity index (χ1v) is 12.8. The lowest BCUT2D eigenvalue weighted by Crippen LogP contribution is -2.33. The molecule has 5 heteroatoms. The Morgan fingerprint density at radius 3 is 2.24 bits per heavy atom. The lowest BCUT2D eigenvalue weighted by molar-refractivity contribution is 0.642. The Kier molecular flexibility index (Phi) is 9.08. The maximum Gasteiger partial charge on any atom is 0.0573 e. The molecule has 0 saturated carbocycles. The van der Waals surface area contributed by atoms with E-state index in [1.54, 1.807) is 0 Å². The number of rotatable bonds is 13. The predicted octanol–water partition coefficient (Wildman–Crippen LogP) is 6.05. The van der Waals surface area contributed by atoms with E-state index in [4.69, 9.17) is 11.5 Å². The van der Waals surface area contributed by atoms with Crippen molar-refractivity contribution in [3.8, 4) is 0 Å². The Labute approximate surface area is 228 Å². The maximum atomic E-state index is 6.09. The van der Waals surface area contributed by atoms with Crippen LogP contribution in [0.2, 0.25) is 0 Å². The van der Waals surface area contributed by atoms with Gasteiger partial charge in [0.1, 0.15) is 0 Å². The van der Waals surface area contributed by atoms with Crippen LogP contribution in [0.15, 0.2) is 127 Å². The number of hydrogen-bond acceptors (Lipinski definition) is 5. The molecule has 5 nitrogen and oxygen atoms in total. The summed E-state index contributed by atoms with van der Waals surface area (Å²) in [7, 11) is 0. The van der Waals surface area contributed by atoms with Crippen molar-refractivity contribution in [3.05, 3.63) is 149 Å². The summed E-state index contributed by atoms with van der Waals surface area (Å²) < 4.78 is 0. The van der Waals surface area contributed by atoms with Gasteiger partial charge in [-0.3, -0.25) is 0 Å². The molecule has 1 aliphatic rings. The molecule has 0 fully saturated rings. The lowest BCUT2D eigenvalue weighted by atomic mass is 9.83. The second-order valence-electron chi connectivity index (χ2n) is 9.93. The molecule has 2 aromatic carbocycles. The Morgan fingerprint density at radius 1 is 1.00 bits per heavy atom. The second kappa shape index (κ2) is 12.2. The molecule has 7 N–H and O–H groups in total. The van der Waals surface area contributed by atoms with E-state index in [0.29, 0.717) is 18.8 Å². The molecule has 2 atom stereocenters. The van der Waals surface area contributed by atoms with Crippen LogP contribution < -0.4 is 27.4 Å². The van der Waals surface area contributed by atoms with Crippen molar-refractivity contribution in [3.63, 3.8) is 0 Å². The third-order valence-corrected chi connectivity index (χ3v) is 6.99. The van der Waals surface area contributed by atoms with Crippen molar-refractivity contribution in [2.75, 3.05) is 0 Å². The second-order valence-corrected chi connectivity index (χ2v) is 9.93. The number of benzene rings is 2. The van der Waals surface area contributed by atoms with Crippen LogP contribution in [0.5, 0.6) is 0 Å². The third kappa shape index (κ3) is 6.88. The van der Waals surface area contributed by atoms with Gasteiger partial charge in [0.15, 0.2) is 0 Å². The highest BCUT2D eigenvalue weighted by Gasteiger charge is 2.27. The van der Waals surface area contributed by atoms with Gasteiger partial charge in [-0.1, -0.05) is 88.3 Å². The molecule has 3 rings (SSSR count). The molecule has 0 saturated heterocycles. The van der Waals surface area contributed by atoms with Gasteiger partial charge in [-0.15, -0.1) is 0 Å². The summed E-state index contributed by atoms with van der Waals surface area (Å²) in [6.45, 7) is 28.0. The molecular weight excluding hydrogens is 466 g/mol. The summed E-state index contributed by atoms with van der Waals surface area (Å²) in [5, 5.41) is 10.3. The van der Waals surface area contributed by atoms with E-state index in [2.05, 4.69) is 87.0 Å². The molecule has 0 amide bonds. The van der Waals surface area contributed by atoms with Gasteiger partial charge in [0, 0.05) is 47.8 Å². The van der Waals surface area contributed by atoms with E-state index in [1.807, 2.05) is 37.3 Å². The minimum Gasteiger partial charge on any atom is -0.400 e. The number of hydrogen-bond donors (Lipinski definition) is 5. The van der Waals surface area contributed by atoms with Crippen molar-refractivity contribution in [1.29, 1.82) is 0 Å². The molecule has 198 valence electrons. The Bertz CT molecular complexity index is 1320. The van der Waals surface area contributed by atoms with E-state index in [0.717, 1.165) is 50.6 Å². The molecule has 1 unspecified atom stereocenters. The fraction of sp³-hybridized carbons (Fsp3) is 0.212. The van der Waals surface area contributed by atoms with Gasteiger partial charge in [-0.05, 0) is 58.9 Å². The average Bonchev–Trinajstić information content (AvgIpc) is 2.91. The zero-order valence-corrected chi connectivity index (χ0v) is 23.0. The van der Waals surface area contributed by atoms with Gasteiger partial charge in [-0.2, -0.15) is 0 Å². The van der Waals surface area contributed by atoms with Gasteiger partial charge >= 0.3 is 0 Å². The molecule has 1 aliphatic carbocycles. The normalized spacial score (nSPS) is 15.8. The van der Waals surface area contributed by atoms with Crippen molar-refractivity contribution < 1.29 is 0 Å². The van der Waals surface area contributed by atoms with E-state index in [1.165, 1.54) is 11.1 Å². The summed E-state index contributed by atoms with van der Waals surface area (Å²) in [5.74, 6) is 0.262. The van der Waals surface area contributed by atoms with Crippen molar-refractivity contribution in [2.45, 2.75) is 39.9 Å². The molecule has 0 heterocycles. The molecule has 38 heavy (non-hydrogen) atoms. The van der Waals surface area contributed by atoms with Gasteiger partial charge < -0.3 is 27.4 Å². The standard InChI is InChI=1S/C33H41N5/c1-20(16-21(2)26(7)38-27(8)31-14-12-30(13-15-31)24(5)34)25(6)36-18-28-10-9-11-29(17-28)19-37-33-23(4)22(3)32(33)35/h9-17,22,27,36-38H,2,4-7,18-19,34-35H2,1,3,8H3/b20-16+/t22?,27-/m0/s1. The Morgan fingerprint density at radius 2 is 1.63 bits per heavy atom. The summed E-state index contributed by atoms with van der Waals surface area (Å²) >= 11 is 0. The third-order valence-electron chi connectivity index (χ3n) is 6.99. The minimum atomic E-state index is 0.0645. The summed E-state index contributed by atoms with van der Waals surface area (Å²) in [6.07, 6.45) is 1.99. The zero-order chi connectivity index (χ0) is 28.0. The van der Waals surface area contributed by atoms with Crippen LogP contribution in [0.3, 0.4) is 0 Å². The average molecular weight is 508 g/mol.